The summed E-state index contributed by atoms with van der Waals surface area (Å²) < 4.78 is 5.31. The molecule has 122 valence electrons. The van der Waals surface area contributed by atoms with E-state index in [9.17, 15) is 4.79 Å². The molecule has 4 nitrogen and oxygen atoms in total. The van der Waals surface area contributed by atoms with E-state index < -0.39 is 5.60 Å². The number of thioether (sulfide) groups is 1. The van der Waals surface area contributed by atoms with Crippen molar-refractivity contribution in [2.75, 3.05) is 12.3 Å². The van der Waals surface area contributed by atoms with E-state index in [1.807, 2.05) is 20.8 Å². The smallest absolute Gasteiger partial charge is 0.407 e. The highest BCUT2D eigenvalue weighted by atomic mass is 32.2. The third-order valence-corrected chi connectivity index (χ3v) is 5.70. The molecule has 0 aromatic rings. The third-order valence-electron chi connectivity index (χ3n) is 4.37. The standard InChI is InChI=1S/C16H30N2O2S/c1-11-13(8-9-21-11)18-14-7-5-6-12(14)10-17-15(19)20-16(2,3)4/h11-14,18H,5-10H2,1-4H3,(H,17,19). The van der Waals surface area contributed by atoms with Crippen molar-refractivity contribution in [1.82, 2.24) is 10.6 Å². The van der Waals surface area contributed by atoms with Gasteiger partial charge in [0.15, 0.2) is 0 Å². The Hall–Kier alpha value is -0.420. The fourth-order valence-electron chi connectivity index (χ4n) is 3.25. The first kappa shape index (κ1) is 16.9. The lowest BCUT2D eigenvalue weighted by atomic mass is 10.0. The van der Waals surface area contributed by atoms with E-state index in [0.717, 1.165) is 6.54 Å². The predicted octanol–water partition coefficient (Wildman–Crippen LogP) is 3.16. The van der Waals surface area contributed by atoms with Crippen LogP contribution in [0.1, 0.15) is 53.4 Å². The Morgan fingerprint density at radius 3 is 2.62 bits per heavy atom. The Morgan fingerprint density at radius 1 is 1.24 bits per heavy atom. The van der Waals surface area contributed by atoms with Gasteiger partial charge >= 0.3 is 6.09 Å². The average molecular weight is 314 g/mol. The molecule has 0 aromatic carbocycles. The fraction of sp³-hybridized carbons (Fsp3) is 0.938. The first-order valence-electron chi connectivity index (χ1n) is 8.19. The lowest BCUT2D eigenvalue weighted by molar-refractivity contribution is 0.0517. The van der Waals surface area contributed by atoms with E-state index in [-0.39, 0.29) is 6.09 Å². The van der Waals surface area contributed by atoms with Crippen molar-refractivity contribution in [2.24, 2.45) is 5.92 Å². The SMILES string of the molecule is CC1SCCC1NC1CCCC1CNC(=O)OC(C)(C)C. The van der Waals surface area contributed by atoms with Crippen LogP contribution in [0.3, 0.4) is 0 Å². The summed E-state index contributed by atoms with van der Waals surface area (Å²) in [5.74, 6) is 1.81. The molecule has 21 heavy (non-hydrogen) atoms. The summed E-state index contributed by atoms with van der Waals surface area (Å²) >= 11 is 2.06. The molecule has 2 rings (SSSR count). The maximum atomic E-state index is 11.8. The first-order chi connectivity index (χ1) is 9.85. The maximum Gasteiger partial charge on any atom is 0.407 e. The molecule has 1 amide bonds. The monoisotopic (exact) mass is 314 g/mol. The van der Waals surface area contributed by atoms with Gasteiger partial charge < -0.3 is 15.4 Å². The van der Waals surface area contributed by atoms with Gasteiger partial charge in [-0.3, -0.25) is 0 Å². The van der Waals surface area contributed by atoms with Crippen LogP contribution in [0.2, 0.25) is 0 Å². The molecule has 1 aliphatic heterocycles. The zero-order valence-corrected chi connectivity index (χ0v) is 14.6. The quantitative estimate of drug-likeness (QED) is 0.837. The molecular formula is C16H30N2O2S. The molecular weight excluding hydrogens is 284 g/mol. The number of ether oxygens (including phenoxy) is 1. The second-order valence-corrected chi connectivity index (χ2v) is 8.80. The second kappa shape index (κ2) is 7.23. The topological polar surface area (TPSA) is 50.4 Å². The van der Waals surface area contributed by atoms with Gasteiger partial charge in [-0.2, -0.15) is 11.8 Å². The van der Waals surface area contributed by atoms with Gasteiger partial charge in [0.25, 0.3) is 0 Å². The summed E-state index contributed by atoms with van der Waals surface area (Å²) in [5, 5.41) is 7.49. The molecule has 0 radical (unpaired) electrons. The Kier molecular flexibility index (Phi) is 5.83. The van der Waals surface area contributed by atoms with E-state index >= 15 is 0 Å². The van der Waals surface area contributed by atoms with Crippen molar-refractivity contribution in [2.45, 2.75) is 76.3 Å². The van der Waals surface area contributed by atoms with Gasteiger partial charge in [-0.15, -0.1) is 0 Å². The Morgan fingerprint density at radius 2 is 2.00 bits per heavy atom. The molecule has 0 bridgehead atoms. The van der Waals surface area contributed by atoms with Crippen molar-refractivity contribution in [3.8, 4) is 0 Å². The van der Waals surface area contributed by atoms with E-state index in [4.69, 9.17) is 4.74 Å². The number of nitrogens with one attached hydrogen (secondary N) is 2. The molecule has 5 heteroatoms. The van der Waals surface area contributed by atoms with Crippen molar-refractivity contribution in [1.29, 1.82) is 0 Å². The molecule has 1 saturated carbocycles. The highest BCUT2D eigenvalue weighted by Crippen LogP contribution is 2.31. The van der Waals surface area contributed by atoms with Crippen molar-refractivity contribution >= 4 is 17.9 Å². The van der Waals surface area contributed by atoms with Crippen molar-refractivity contribution in [3.05, 3.63) is 0 Å². The molecule has 4 atom stereocenters. The third kappa shape index (κ3) is 5.37. The van der Waals surface area contributed by atoms with Crippen LogP contribution in [0.15, 0.2) is 0 Å². The number of carbonyl (C=O) groups excluding carboxylic acids is 1. The van der Waals surface area contributed by atoms with Gasteiger partial charge in [0.05, 0.1) is 0 Å². The van der Waals surface area contributed by atoms with Crippen LogP contribution in [-0.2, 0) is 4.74 Å². The lowest BCUT2D eigenvalue weighted by Gasteiger charge is -2.27. The number of alkyl carbamates (subject to hydrolysis) is 1. The molecule has 1 heterocycles. The molecule has 4 unspecified atom stereocenters. The summed E-state index contributed by atoms with van der Waals surface area (Å²) in [6.07, 6.45) is 4.66. The van der Waals surface area contributed by atoms with Crippen molar-refractivity contribution in [3.63, 3.8) is 0 Å². The molecule has 1 aliphatic carbocycles. The van der Waals surface area contributed by atoms with Crippen LogP contribution in [-0.4, -0.2) is 41.3 Å². The zero-order valence-electron chi connectivity index (χ0n) is 13.8. The number of hydrogen-bond donors (Lipinski definition) is 2. The van der Waals surface area contributed by atoms with Gasteiger partial charge in [-0.1, -0.05) is 13.3 Å². The lowest BCUT2D eigenvalue weighted by Crippen LogP contribution is -2.46. The average Bonchev–Trinajstić information content (AvgIpc) is 2.95. The van der Waals surface area contributed by atoms with Gasteiger partial charge in [0.1, 0.15) is 5.60 Å². The number of carbonyl (C=O) groups is 1. The highest BCUT2D eigenvalue weighted by Gasteiger charge is 2.33. The maximum absolute atomic E-state index is 11.8. The summed E-state index contributed by atoms with van der Waals surface area (Å²) in [6, 6.07) is 1.19. The van der Waals surface area contributed by atoms with Gasteiger partial charge in [-0.05, 0) is 51.7 Å². The minimum atomic E-state index is -0.423. The number of hydrogen-bond acceptors (Lipinski definition) is 4. The molecule has 0 aromatic heterocycles. The molecule has 2 aliphatic rings. The van der Waals surface area contributed by atoms with Gasteiger partial charge in [0.2, 0.25) is 0 Å². The Balaban J connectivity index is 1.75. The molecule has 0 spiro atoms. The van der Waals surface area contributed by atoms with Crippen LogP contribution >= 0.6 is 11.8 Å². The number of rotatable bonds is 4. The summed E-state index contributed by atoms with van der Waals surface area (Å²) in [5.41, 5.74) is -0.423. The van der Waals surface area contributed by atoms with Crippen LogP contribution in [0.25, 0.3) is 0 Å². The van der Waals surface area contributed by atoms with Gasteiger partial charge in [-0.25, -0.2) is 4.79 Å². The summed E-state index contributed by atoms with van der Waals surface area (Å²) in [6.45, 7) is 8.72. The Labute approximate surface area is 133 Å². The summed E-state index contributed by atoms with van der Waals surface area (Å²) in [4.78, 5) is 11.8. The minimum absolute atomic E-state index is 0.294. The molecule has 2 fully saturated rings. The van der Waals surface area contributed by atoms with Gasteiger partial charge in [0, 0.05) is 23.9 Å². The Bertz CT molecular complexity index is 357. The van der Waals surface area contributed by atoms with E-state index in [0.29, 0.717) is 23.3 Å². The minimum Gasteiger partial charge on any atom is -0.444 e. The van der Waals surface area contributed by atoms with E-state index in [1.165, 1.54) is 31.4 Å². The van der Waals surface area contributed by atoms with Crippen LogP contribution in [0.4, 0.5) is 4.79 Å². The molecule has 2 N–H and O–H groups in total. The van der Waals surface area contributed by atoms with Crippen LogP contribution in [0, 0.1) is 5.92 Å². The predicted molar refractivity (Wildman–Crippen MR) is 88.8 cm³/mol. The zero-order chi connectivity index (χ0) is 15.5. The highest BCUT2D eigenvalue weighted by molar-refractivity contribution is 8.00. The van der Waals surface area contributed by atoms with Crippen LogP contribution < -0.4 is 10.6 Å². The number of amides is 1. The fourth-order valence-corrected chi connectivity index (χ4v) is 4.46. The second-order valence-electron chi connectivity index (χ2n) is 7.32. The normalized spacial score (nSPS) is 33.1. The first-order valence-corrected chi connectivity index (χ1v) is 9.24. The largest absolute Gasteiger partial charge is 0.444 e. The van der Waals surface area contributed by atoms with Crippen molar-refractivity contribution < 1.29 is 9.53 Å². The summed E-state index contributed by atoms with van der Waals surface area (Å²) in [7, 11) is 0. The molecule has 1 saturated heterocycles. The van der Waals surface area contributed by atoms with Crippen LogP contribution in [0.5, 0.6) is 0 Å². The van der Waals surface area contributed by atoms with E-state index in [2.05, 4.69) is 29.3 Å². The van der Waals surface area contributed by atoms with E-state index in [1.54, 1.807) is 0 Å².